The first kappa shape index (κ1) is 20.2. The summed E-state index contributed by atoms with van der Waals surface area (Å²) in [6, 6.07) is 9.96. The molecule has 1 unspecified atom stereocenters. The van der Waals surface area contributed by atoms with Crippen molar-refractivity contribution < 1.29 is 4.79 Å². The van der Waals surface area contributed by atoms with Crippen LogP contribution >= 0.6 is 24.8 Å². The molecule has 1 aromatic rings. The summed E-state index contributed by atoms with van der Waals surface area (Å²) in [5, 5.41) is 6.48. The highest BCUT2D eigenvalue weighted by Crippen LogP contribution is 2.18. The Morgan fingerprint density at radius 1 is 1.29 bits per heavy atom. The van der Waals surface area contributed by atoms with Crippen LogP contribution in [0.2, 0.25) is 0 Å². The van der Waals surface area contributed by atoms with Crippen LogP contribution in [-0.2, 0) is 4.79 Å². The molecular formula is C15H25Cl2N3O. The predicted molar refractivity (Wildman–Crippen MR) is 91.4 cm³/mol. The van der Waals surface area contributed by atoms with Gasteiger partial charge in [-0.1, -0.05) is 30.3 Å². The summed E-state index contributed by atoms with van der Waals surface area (Å²) in [6.45, 7) is 1.93. The molecule has 0 radical (unpaired) electrons. The van der Waals surface area contributed by atoms with Gasteiger partial charge in [-0.2, -0.15) is 0 Å². The highest BCUT2D eigenvalue weighted by molar-refractivity contribution is 5.85. The first-order chi connectivity index (χ1) is 9.18. The van der Waals surface area contributed by atoms with E-state index in [2.05, 4.69) is 10.6 Å². The standard InChI is InChI=1S/C15H23N3O.2ClH/c1-18(2)14(12-7-4-3-5-8-12)15(19)17-13-9-6-10-16-11-13;;/h3-5,7-8,13-14,16H,6,9-11H2,1-2H3,(H,17,19);2*1H/t13-,14?;;/m0../s1. The van der Waals surface area contributed by atoms with Crippen molar-refractivity contribution >= 4 is 30.7 Å². The van der Waals surface area contributed by atoms with E-state index in [-0.39, 0.29) is 42.8 Å². The van der Waals surface area contributed by atoms with Gasteiger partial charge >= 0.3 is 0 Å². The molecule has 1 heterocycles. The van der Waals surface area contributed by atoms with Crippen LogP contribution in [0.5, 0.6) is 0 Å². The minimum absolute atomic E-state index is 0. The van der Waals surface area contributed by atoms with Gasteiger partial charge < -0.3 is 10.6 Å². The zero-order chi connectivity index (χ0) is 13.7. The summed E-state index contributed by atoms with van der Waals surface area (Å²) in [5.74, 6) is 0.0879. The molecule has 0 saturated carbocycles. The molecule has 2 rings (SSSR count). The van der Waals surface area contributed by atoms with Gasteiger partial charge in [-0.25, -0.2) is 0 Å². The first-order valence-corrected chi connectivity index (χ1v) is 6.91. The van der Waals surface area contributed by atoms with Crippen molar-refractivity contribution in [1.82, 2.24) is 15.5 Å². The lowest BCUT2D eigenvalue weighted by atomic mass is 10.0. The summed E-state index contributed by atoms with van der Waals surface area (Å²) in [6.07, 6.45) is 2.19. The molecule has 21 heavy (non-hydrogen) atoms. The van der Waals surface area contributed by atoms with Crippen LogP contribution in [0.4, 0.5) is 0 Å². The molecule has 0 spiro atoms. The third-order valence-corrected chi connectivity index (χ3v) is 3.52. The van der Waals surface area contributed by atoms with E-state index in [1.807, 2.05) is 49.3 Å². The van der Waals surface area contributed by atoms with Gasteiger partial charge in [0.05, 0.1) is 0 Å². The molecule has 1 aliphatic heterocycles. The van der Waals surface area contributed by atoms with Crippen molar-refractivity contribution in [3.8, 4) is 0 Å². The summed E-state index contributed by atoms with van der Waals surface area (Å²) in [7, 11) is 3.88. The zero-order valence-electron chi connectivity index (χ0n) is 12.5. The molecule has 4 nitrogen and oxygen atoms in total. The number of carbonyl (C=O) groups is 1. The van der Waals surface area contributed by atoms with E-state index >= 15 is 0 Å². The van der Waals surface area contributed by atoms with Crippen molar-refractivity contribution in [2.75, 3.05) is 27.2 Å². The van der Waals surface area contributed by atoms with Crippen molar-refractivity contribution in [2.45, 2.75) is 24.9 Å². The van der Waals surface area contributed by atoms with Crippen molar-refractivity contribution in [3.63, 3.8) is 0 Å². The fraction of sp³-hybridized carbons (Fsp3) is 0.533. The lowest BCUT2D eigenvalue weighted by Gasteiger charge is -2.29. The number of nitrogens with one attached hydrogen (secondary N) is 2. The molecule has 0 aromatic heterocycles. The molecule has 0 aliphatic carbocycles. The third-order valence-electron chi connectivity index (χ3n) is 3.52. The first-order valence-electron chi connectivity index (χ1n) is 6.91. The summed E-state index contributed by atoms with van der Waals surface area (Å²) >= 11 is 0. The third kappa shape index (κ3) is 5.83. The Hall–Kier alpha value is -0.810. The number of amides is 1. The van der Waals surface area contributed by atoms with Gasteiger partial charge in [0.2, 0.25) is 5.91 Å². The highest BCUT2D eigenvalue weighted by Gasteiger charge is 2.25. The number of hydrogen-bond donors (Lipinski definition) is 2. The maximum atomic E-state index is 12.5. The Balaban J connectivity index is 0.00000200. The number of piperidine rings is 1. The van der Waals surface area contributed by atoms with Crippen LogP contribution in [-0.4, -0.2) is 44.0 Å². The lowest BCUT2D eigenvalue weighted by molar-refractivity contribution is -0.126. The van der Waals surface area contributed by atoms with Crippen LogP contribution in [0.1, 0.15) is 24.4 Å². The Bertz CT molecular complexity index is 409. The largest absolute Gasteiger partial charge is 0.350 e. The second kappa shape index (κ2) is 10.0. The van der Waals surface area contributed by atoms with Gasteiger partial charge in [0, 0.05) is 12.6 Å². The minimum Gasteiger partial charge on any atom is -0.350 e. The highest BCUT2D eigenvalue weighted by atomic mass is 35.5. The van der Waals surface area contributed by atoms with Crippen molar-refractivity contribution in [3.05, 3.63) is 35.9 Å². The Kier molecular flexibility index (Phi) is 9.62. The van der Waals surface area contributed by atoms with Gasteiger partial charge in [-0.05, 0) is 39.0 Å². The normalized spacial score (nSPS) is 19.1. The molecule has 1 aliphatic rings. The monoisotopic (exact) mass is 333 g/mol. The van der Waals surface area contributed by atoms with Gasteiger partial charge in [0.15, 0.2) is 0 Å². The molecule has 6 heteroatoms. The number of carbonyl (C=O) groups excluding carboxylic acids is 1. The van der Waals surface area contributed by atoms with Crippen LogP contribution in [0.15, 0.2) is 30.3 Å². The number of likely N-dealkylation sites (N-methyl/N-ethyl adjacent to an activating group) is 1. The molecule has 1 aromatic carbocycles. The number of nitrogens with zero attached hydrogens (tertiary/aromatic N) is 1. The average molecular weight is 334 g/mol. The van der Waals surface area contributed by atoms with E-state index in [0.717, 1.165) is 31.5 Å². The van der Waals surface area contributed by atoms with E-state index in [0.29, 0.717) is 0 Å². The number of hydrogen-bond acceptors (Lipinski definition) is 3. The van der Waals surface area contributed by atoms with Gasteiger partial charge in [-0.15, -0.1) is 24.8 Å². The molecule has 1 amide bonds. The maximum absolute atomic E-state index is 12.5. The predicted octanol–water partition coefficient (Wildman–Crippen LogP) is 2.00. The SMILES string of the molecule is CN(C)C(C(=O)N[C@H]1CCCNC1)c1ccccc1.Cl.Cl. The maximum Gasteiger partial charge on any atom is 0.242 e. The van der Waals surface area contributed by atoms with Crippen molar-refractivity contribution in [1.29, 1.82) is 0 Å². The van der Waals surface area contributed by atoms with Crippen LogP contribution in [0, 0.1) is 0 Å². The number of benzene rings is 1. The fourth-order valence-electron chi connectivity index (χ4n) is 2.57. The van der Waals surface area contributed by atoms with Crippen molar-refractivity contribution in [2.24, 2.45) is 0 Å². The Morgan fingerprint density at radius 2 is 1.95 bits per heavy atom. The molecular weight excluding hydrogens is 309 g/mol. The van der Waals surface area contributed by atoms with Gasteiger partial charge in [0.25, 0.3) is 0 Å². The molecule has 2 N–H and O–H groups in total. The summed E-state index contributed by atoms with van der Waals surface area (Å²) in [4.78, 5) is 14.4. The van der Waals surface area contributed by atoms with Crippen LogP contribution in [0.25, 0.3) is 0 Å². The van der Waals surface area contributed by atoms with Crippen LogP contribution < -0.4 is 10.6 Å². The Morgan fingerprint density at radius 3 is 2.48 bits per heavy atom. The number of halogens is 2. The smallest absolute Gasteiger partial charge is 0.242 e. The molecule has 0 bridgehead atoms. The van der Waals surface area contributed by atoms with Gasteiger partial charge in [-0.3, -0.25) is 9.69 Å². The average Bonchev–Trinajstić information content (AvgIpc) is 2.40. The van der Waals surface area contributed by atoms with Gasteiger partial charge in [0.1, 0.15) is 6.04 Å². The molecule has 2 atom stereocenters. The lowest BCUT2D eigenvalue weighted by Crippen LogP contribution is -2.48. The Labute approximate surface area is 139 Å². The minimum atomic E-state index is -0.219. The summed E-state index contributed by atoms with van der Waals surface area (Å²) in [5.41, 5.74) is 1.04. The van der Waals surface area contributed by atoms with E-state index in [9.17, 15) is 4.79 Å². The van der Waals surface area contributed by atoms with E-state index < -0.39 is 0 Å². The van der Waals surface area contributed by atoms with E-state index in [4.69, 9.17) is 0 Å². The molecule has 1 saturated heterocycles. The number of rotatable bonds is 4. The summed E-state index contributed by atoms with van der Waals surface area (Å²) < 4.78 is 0. The topological polar surface area (TPSA) is 44.4 Å². The van der Waals surface area contributed by atoms with Crippen LogP contribution in [0.3, 0.4) is 0 Å². The zero-order valence-corrected chi connectivity index (χ0v) is 14.2. The second-order valence-corrected chi connectivity index (χ2v) is 5.33. The van der Waals surface area contributed by atoms with E-state index in [1.165, 1.54) is 0 Å². The fourth-order valence-corrected chi connectivity index (χ4v) is 2.57. The van der Waals surface area contributed by atoms with E-state index in [1.54, 1.807) is 0 Å². The molecule has 120 valence electrons. The second-order valence-electron chi connectivity index (χ2n) is 5.33. The quantitative estimate of drug-likeness (QED) is 0.885. The molecule has 1 fully saturated rings.